The van der Waals surface area contributed by atoms with Gasteiger partial charge < -0.3 is 11.5 Å². The van der Waals surface area contributed by atoms with Gasteiger partial charge in [0.25, 0.3) is 0 Å². The third kappa shape index (κ3) is 4.08. The van der Waals surface area contributed by atoms with E-state index < -0.39 is 111 Å². The Kier molecular flexibility index (Phi) is 3.20. The van der Waals surface area contributed by atoms with E-state index in [0.717, 1.165) is 13.8 Å². The number of alkyl halides is 6. The number of hydrogen-bond donors (Lipinski definition) is 2. The highest BCUT2D eigenvalue weighted by Crippen LogP contribution is 2.45. The first kappa shape index (κ1) is 13.2. The molecule has 0 aliphatic rings. The molecule has 8 heteroatoms. The zero-order valence-electron chi connectivity index (χ0n) is 23.4. The predicted octanol–water partition coefficient (Wildman–Crippen LogP) is 6.84. The van der Waals surface area contributed by atoms with Crippen molar-refractivity contribution in [1.29, 1.82) is 0 Å². The van der Waals surface area contributed by atoms with Crippen LogP contribution in [-0.4, -0.2) is 0 Å². The zero-order chi connectivity index (χ0) is 29.4. The van der Waals surface area contributed by atoms with Crippen molar-refractivity contribution >= 4 is 11.4 Å². The van der Waals surface area contributed by atoms with Gasteiger partial charge in [0, 0.05) is 11.4 Å². The van der Waals surface area contributed by atoms with Crippen LogP contribution in [-0.2, 0) is 12.4 Å². The van der Waals surface area contributed by atoms with E-state index in [-0.39, 0.29) is 5.56 Å². The van der Waals surface area contributed by atoms with Crippen LogP contribution in [0.5, 0.6) is 0 Å². The number of nitrogens with two attached hydrogens (primary N) is 2. The highest BCUT2D eigenvalue weighted by atomic mass is 19.4. The Morgan fingerprint density at radius 3 is 1.63 bits per heavy atom. The highest BCUT2D eigenvalue weighted by Gasteiger charge is 2.37. The van der Waals surface area contributed by atoms with Gasteiger partial charge in [0.05, 0.1) is 22.1 Å². The molecule has 0 atom stereocenters. The van der Waals surface area contributed by atoms with Crippen molar-refractivity contribution < 1.29 is 37.3 Å². The summed E-state index contributed by atoms with van der Waals surface area (Å²) in [6.45, 7) is 2.03. The van der Waals surface area contributed by atoms with Crippen LogP contribution in [0.4, 0.5) is 37.7 Å². The van der Waals surface area contributed by atoms with E-state index in [0.29, 0.717) is 0 Å². The summed E-state index contributed by atoms with van der Waals surface area (Å²) in [6, 6.07) is -8.88. The van der Waals surface area contributed by atoms with Crippen LogP contribution < -0.4 is 11.5 Å². The summed E-state index contributed by atoms with van der Waals surface area (Å²) in [6.07, 6.45) is -10.9. The molecule has 0 heterocycles. The quantitative estimate of drug-likeness (QED) is 0.344. The Balaban J connectivity index is 2.71. The van der Waals surface area contributed by atoms with Gasteiger partial charge >= 0.3 is 12.4 Å². The second-order valence-electron chi connectivity index (χ2n) is 6.32. The van der Waals surface area contributed by atoms with Crippen LogP contribution in [0.25, 0.3) is 22.3 Å². The number of hydrogen-bond acceptors (Lipinski definition) is 2. The Bertz CT molecular complexity index is 1490. The van der Waals surface area contributed by atoms with Crippen LogP contribution in [0.1, 0.15) is 33.2 Å². The van der Waals surface area contributed by atoms with E-state index in [2.05, 4.69) is 0 Å². The first-order chi connectivity index (χ1) is 17.2. The molecular weight excluding hydrogens is 406 g/mol. The monoisotopic (exact) mass is 432 g/mol. The second kappa shape index (κ2) is 7.27. The lowest BCUT2D eigenvalue weighted by Gasteiger charge is -2.21. The molecule has 0 bridgehead atoms. The summed E-state index contributed by atoms with van der Waals surface area (Å²) >= 11 is 0. The molecule has 0 saturated carbocycles. The molecule has 3 aromatic rings. The van der Waals surface area contributed by atoms with Gasteiger partial charge in [-0.2, -0.15) is 26.3 Å². The molecule has 0 aromatic heterocycles. The van der Waals surface area contributed by atoms with E-state index in [1.807, 2.05) is 0 Å². The van der Waals surface area contributed by atoms with E-state index >= 15 is 0 Å². The molecule has 0 spiro atoms. The Morgan fingerprint density at radius 2 is 1.07 bits per heavy atom. The highest BCUT2D eigenvalue weighted by molar-refractivity contribution is 5.81. The first-order valence-electron chi connectivity index (χ1n) is 12.2. The molecule has 158 valence electrons. The largest absolute Gasteiger partial charge is 0.417 e. The van der Waals surface area contributed by atoms with E-state index in [1.165, 1.54) is 0 Å². The molecule has 3 rings (SSSR count). The Morgan fingerprint density at radius 1 is 0.600 bits per heavy atom. The molecule has 3 aromatic carbocycles. The van der Waals surface area contributed by atoms with Crippen LogP contribution in [0.15, 0.2) is 48.3 Å². The van der Waals surface area contributed by atoms with Gasteiger partial charge in [0.15, 0.2) is 0 Å². The fraction of sp³-hybridized carbons (Fsp3) is 0.182. The lowest BCUT2D eigenvalue weighted by atomic mass is 9.87. The minimum Gasteiger partial charge on any atom is -0.399 e. The van der Waals surface area contributed by atoms with Gasteiger partial charge in [0.1, 0.15) is 0 Å². The second-order valence-corrected chi connectivity index (χ2v) is 6.32. The fourth-order valence-electron chi connectivity index (χ4n) is 2.83. The number of benzene rings is 3. The van der Waals surface area contributed by atoms with Gasteiger partial charge in [-0.1, -0.05) is 18.1 Å². The van der Waals surface area contributed by atoms with Crippen molar-refractivity contribution in [1.82, 2.24) is 0 Å². The van der Waals surface area contributed by atoms with Crippen LogP contribution in [0.2, 0.25) is 0 Å². The zero-order valence-corrected chi connectivity index (χ0v) is 15.4. The summed E-state index contributed by atoms with van der Waals surface area (Å²) < 4.78 is 150. The summed E-state index contributed by atoms with van der Waals surface area (Å²) in [5.74, 6) is 0. The number of anilines is 2. The molecule has 0 amide bonds. The van der Waals surface area contributed by atoms with Crippen molar-refractivity contribution in [3.63, 3.8) is 0 Å². The molecule has 30 heavy (non-hydrogen) atoms. The smallest absolute Gasteiger partial charge is 0.399 e. The average Bonchev–Trinajstić information content (AvgIpc) is 2.79. The fourth-order valence-corrected chi connectivity index (χ4v) is 2.83. The van der Waals surface area contributed by atoms with Crippen LogP contribution in [0, 0.1) is 13.8 Å². The summed E-state index contributed by atoms with van der Waals surface area (Å²) in [4.78, 5) is 0. The molecule has 0 aliphatic carbocycles. The average molecular weight is 432 g/mol. The van der Waals surface area contributed by atoms with Crippen molar-refractivity contribution in [2.45, 2.75) is 26.2 Å². The summed E-state index contributed by atoms with van der Waals surface area (Å²) in [5, 5.41) is 0. The molecule has 0 fully saturated rings. The van der Waals surface area contributed by atoms with Gasteiger partial charge in [-0.15, -0.1) is 0 Å². The topological polar surface area (TPSA) is 52.0 Å². The predicted molar refractivity (Wildman–Crippen MR) is 106 cm³/mol. The van der Waals surface area contributed by atoms with E-state index in [4.69, 9.17) is 22.4 Å². The summed E-state index contributed by atoms with van der Waals surface area (Å²) in [5.41, 5.74) is 0.117. The van der Waals surface area contributed by atoms with Crippen LogP contribution >= 0.6 is 0 Å². The standard InChI is InChI=1S/C22H18F6N2/c1-11-7-13(29)3-5-15(11)18-8-12(2)17(10-20(18)22(26,27)28)16-6-4-14(30)9-19(16)21(23,24)25/h3-10H,29-30H2,1-2H3/i3D,4D,5D,6D,7D,8D,9D,10D. The maximum absolute atomic E-state index is 14.5. The number of nitrogen functional groups attached to an aromatic ring is 2. The SMILES string of the molecule is [2H]c1c([2H])c(-c2c([2H])c(C)c(-c3c([2H])c([2H])c(N)c([2H])c3C(F)(F)F)c([2H])c2C(F)(F)F)c(C)c([2H])c1N. The molecule has 0 saturated heterocycles. The number of rotatable bonds is 2. The van der Waals surface area contributed by atoms with Crippen molar-refractivity contribution in [3.8, 4) is 22.3 Å². The third-order valence-electron chi connectivity index (χ3n) is 4.11. The van der Waals surface area contributed by atoms with Crippen molar-refractivity contribution in [2.75, 3.05) is 11.5 Å². The third-order valence-corrected chi connectivity index (χ3v) is 4.11. The van der Waals surface area contributed by atoms with E-state index in [9.17, 15) is 26.3 Å². The number of halogens is 6. The van der Waals surface area contributed by atoms with Crippen LogP contribution in [0.3, 0.4) is 0 Å². The maximum Gasteiger partial charge on any atom is 0.417 e. The van der Waals surface area contributed by atoms with Gasteiger partial charge in [0.2, 0.25) is 0 Å². The minimum atomic E-state index is -5.50. The first-order valence-corrected chi connectivity index (χ1v) is 8.21. The van der Waals surface area contributed by atoms with Crippen molar-refractivity contribution in [2.24, 2.45) is 0 Å². The lowest BCUT2D eigenvalue weighted by molar-refractivity contribution is -0.137. The van der Waals surface area contributed by atoms with Crippen molar-refractivity contribution in [3.05, 3.63) is 70.6 Å². The van der Waals surface area contributed by atoms with Gasteiger partial charge in [-0.05, 0) is 77.4 Å². The minimum absolute atomic E-state index is 0.333. The lowest BCUT2D eigenvalue weighted by Crippen LogP contribution is -2.11. The Labute approximate surface area is 180 Å². The normalized spacial score (nSPS) is 16.0. The molecule has 4 N–H and O–H groups in total. The van der Waals surface area contributed by atoms with Gasteiger partial charge in [-0.3, -0.25) is 0 Å². The van der Waals surface area contributed by atoms with Gasteiger partial charge in [-0.25, -0.2) is 0 Å². The molecular formula is C22H18F6N2. The Hall–Kier alpha value is -3.16. The molecule has 0 aliphatic heterocycles. The summed E-state index contributed by atoms with van der Waals surface area (Å²) in [7, 11) is 0. The maximum atomic E-state index is 14.5. The molecule has 0 unspecified atom stereocenters. The molecule has 0 radical (unpaired) electrons. The van der Waals surface area contributed by atoms with E-state index in [1.54, 1.807) is 0 Å². The molecule has 2 nitrogen and oxygen atoms in total.